The molecular formula is C17H27N3O3. The van der Waals surface area contributed by atoms with E-state index in [-0.39, 0.29) is 6.09 Å². The molecule has 1 heterocycles. The first-order chi connectivity index (χ1) is 10.7. The molecule has 2 N–H and O–H groups in total. The highest BCUT2D eigenvalue weighted by Crippen LogP contribution is 2.39. The number of hydrogen-bond acceptors (Lipinski definition) is 5. The first-order valence-corrected chi connectivity index (χ1v) is 7.88. The van der Waals surface area contributed by atoms with Gasteiger partial charge in [-0.05, 0) is 47.0 Å². The number of ether oxygens (including phenoxy) is 2. The average Bonchev–Trinajstić information content (AvgIpc) is 2.84. The molecule has 0 unspecified atom stereocenters. The number of nitrogens with zero attached hydrogens (tertiary/aromatic N) is 2. The van der Waals surface area contributed by atoms with Crippen molar-refractivity contribution in [2.24, 2.45) is 0 Å². The number of amides is 1. The average molecular weight is 321 g/mol. The lowest BCUT2D eigenvalue weighted by molar-refractivity contribution is 0.0577. The topological polar surface area (TPSA) is 68.0 Å². The molecule has 0 radical (unpaired) electrons. The molecule has 0 saturated carbocycles. The number of likely N-dealkylation sites (N-methyl/N-ethyl adjacent to an activating group) is 1. The molecule has 1 aliphatic rings. The second-order valence-corrected chi connectivity index (χ2v) is 7.06. The van der Waals surface area contributed by atoms with Crippen molar-refractivity contribution < 1.29 is 14.3 Å². The van der Waals surface area contributed by atoms with Crippen LogP contribution in [0.3, 0.4) is 0 Å². The summed E-state index contributed by atoms with van der Waals surface area (Å²) >= 11 is 0. The van der Waals surface area contributed by atoms with Crippen LogP contribution in [0, 0.1) is 0 Å². The smallest absolute Gasteiger partial charge is 0.414 e. The highest BCUT2D eigenvalue weighted by atomic mass is 16.6. The van der Waals surface area contributed by atoms with Crippen molar-refractivity contribution in [2.45, 2.75) is 32.8 Å². The third-order valence-electron chi connectivity index (χ3n) is 3.46. The molecule has 0 bridgehead atoms. The van der Waals surface area contributed by atoms with Gasteiger partial charge in [0.05, 0.1) is 12.3 Å². The summed E-state index contributed by atoms with van der Waals surface area (Å²) in [5, 5.41) is 0. The Hall–Kier alpha value is -1.95. The van der Waals surface area contributed by atoms with Crippen molar-refractivity contribution in [3.63, 3.8) is 0 Å². The quantitative estimate of drug-likeness (QED) is 0.863. The number of hydrogen-bond donors (Lipinski definition) is 1. The highest BCUT2D eigenvalue weighted by molar-refractivity contribution is 5.91. The van der Waals surface area contributed by atoms with Gasteiger partial charge in [-0.15, -0.1) is 0 Å². The Morgan fingerprint density at radius 1 is 1.30 bits per heavy atom. The van der Waals surface area contributed by atoms with E-state index in [9.17, 15) is 4.79 Å². The zero-order valence-electron chi connectivity index (χ0n) is 14.7. The van der Waals surface area contributed by atoms with Gasteiger partial charge in [0.15, 0.2) is 0 Å². The molecule has 6 heteroatoms. The summed E-state index contributed by atoms with van der Waals surface area (Å²) in [6.07, 6.45) is 0.422. The normalized spacial score (nSPS) is 13.7. The second-order valence-electron chi connectivity index (χ2n) is 7.06. The molecule has 1 aromatic carbocycles. The van der Waals surface area contributed by atoms with Crippen LogP contribution in [0.4, 0.5) is 16.2 Å². The molecule has 0 saturated heterocycles. The van der Waals surface area contributed by atoms with E-state index in [2.05, 4.69) is 0 Å². The number of carbonyl (C=O) groups is 1. The van der Waals surface area contributed by atoms with Crippen LogP contribution in [-0.4, -0.2) is 50.4 Å². The Labute approximate surface area is 138 Å². The van der Waals surface area contributed by atoms with Crippen molar-refractivity contribution in [1.82, 2.24) is 4.90 Å². The van der Waals surface area contributed by atoms with Gasteiger partial charge in [0.2, 0.25) is 0 Å². The summed E-state index contributed by atoms with van der Waals surface area (Å²) < 4.78 is 11.3. The number of nitrogens with two attached hydrogens (primary N) is 1. The fourth-order valence-corrected chi connectivity index (χ4v) is 2.44. The third kappa shape index (κ3) is 4.51. The van der Waals surface area contributed by atoms with Crippen molar-refractivity contribution in [1.29, 1.82) is 0 Å². The van der Waals surface area contributed by atoms with Gasteiger partial charge in [-0.3, -0.25) is 4.90 Å². The first kappa shape index (κ1) is 17.4. The lowest BCUT2D eigenvalue weighted by atomic mass is 10.1. The van der Waals surface area contributed by atoms with E-state index in [1.807, 2.05) is 45.8 Å². The molecule has 2 rings (SSSR count). The van der Waals surface area contributed by atoms with Crippen molar-refractivity contribution in [3.8, 4) is 5.75 Å². The standard InChI is InChI=1S/C17H27N3O3/c1-17(2,3)23-16(21)20(8-7-19(4)5)14-11-13(18)10-12-6-9-22-15(12)14/h10-11H,6-9,18H2,1-5H3. The molecule has 0 atom stereocenters. The molecule has 128 valence electrons. The maximum absolute atomic E-state index is 12.7. The Morgan fingerprint density at radius 3 is 2.61 bits per heavy atom. The maximum atomic E-state index is 12.7. The van der Waals surface area contributed by atoms with Crippen molar-refractivity contribution in [2.75, 3.05) is 44.4 Å². The zero-order chi connectivity index (χ0) is 17.2. The van der Waals surface area contributed by atoms with Gasteiger partial charge in [-0.2, -0.15) is 0 Å². The number of fused-ring (bicyclic) bond motifs is 1. The maximum Gasteiger partial charge on any atom is 0.414 e. The second kappa shape index (κ2) is 6.66. The van der Waals surface area contributed by atoms with Crippen LogP contribution in [0.5, 0.6) is 5.75 Å². The third-order valence-corrected chi connectivity index (χ3v) is 3.46. The van der Waals surface area contributed by atoms with E-state index in [0.29, 0.717) is 31.1 Å². The summed E-state index contributed by atoms with van der Waals surface area (Å²) in [6, 6.07) is 3.69. The van der Waals surface area contributed by atoms with Gasteiger partial charge in [0.25, 0.3) is 0 Å². The van der Waals surface area contributed by atoms with Crippen LogP contribution >= 0.6 is 0 Å². The molecule has 1 aromatic rings. The minimum atomic E-state index is -0.558. The van der Waals surface area contributed by atoms with E-state index in [1.54, 1.807) is 11.0 Å². The Morgan fingerprint density at radius 2 is 2.00 bits per heavy atom. The molecule has 23 heavy (non-hydrogen) atoms. The van der Waals surface area contributed by atoms with E-state index in [0.717, 1.165) is 17.7 Å². The van der Waals surface area contributed by atoms with E-state index >= 15 is 0 Å². The van der Waals surface area contributed by atoms with E-state index < -0.39 is 5.60 Å². The largest absolute Gasteiger partial charge is 0.491 e. The molecule has 1 aliphatic heterocycles. The fraction of sp³-hybridized carbons (Fsp3) is 0.588. The van der Waals surface area contributed by atoms with Gasteiger partial charge < -0.3 is 20.1 Å². The monoisotopic (exact) mass is 321 g/mol. The molecule has 0 aromatic heterocycles. The summed E-state index contributed by atoms with van der Waals surface area (Å²) in [7, 11) is 3.93. The molecule has 0 aliphatic carbocycles. The lowest BCUT2D eigenvalue weighted by Crippen LogP contribution is -2.40. The van der Waals surface area contributed by atoms with Gasteiger partial charge >= 0.3 is 6.09 Å². The van der Waals surface area contributed by atoms with E-state index in [4.69, 9.17) is 15.2 Å². The SMILES string of the molecule is CN(C)CCN(C(=O)OC(C)(C)C)c1cc(N)cc2c1OCC2. The van der Waals surface area contributed by atoms with Crippen LogP contribution in [0.1, 0.15) is 26.3 Å². The van der Waals surface area contributed by atoms with E-state index in [1.165, 1.54) is 0 Å². The number of nitrogen functional groups attached to an aromatic ring is 1. The van der Waals surface area contributed by atoms with Crippen LogP contribution < -0.4 is 15.4 Å². The summed E-state index contributed by atoms with van der Waals surface area (Å²) in [5.41, 5.74) is 7.81. The minimum absolute atomic E-state index is 0.386. The van der Waals surface area contributed by atoms with Crippen LogP contribution in [0.15, 0.2) is 12.1 Å². The summed E-state index contributed by atoms with van der Waals surface area (Å²) in [6.45, 7) is 7.39. The summed E-state index contributed by atoms with van der Waals surface area (Å²) in [4.78, 5) is 16.3. The van der Waals surface area contributed by atoms with Gasteiger partial charge in [-0.1, -0.05) is 0 Å². The number of anilines is 2. The highest BCUT2D eigenvalue weighted by Gasteiger charge is 2.28. The predicted octanol–water partition coefficient (Wildman–Crippen LogP) is 2.51. The predicted molar refractivity (Wildman–Crippen MR) is 92.2 cm³/mol. The van der Waals surface area contributed by atoms with Crippen molar-refractivity contribution in [3.05, 3.63) is 17.7 Å². The van der Waals surface area contributed by atoms with Gasteiger partial charge in [0, 0.05) is 30.8 Å². The molecular weight excluding hydrogens is 294 g/mol. The molecule has 0 fully saturated rings. The fourth-order valence-electron chi connectivity index (χ4n) is 2.44. The van der Waals surface area contributed by atoms with Gasteiger partial charge in [-0.25, -0.2) is 4.79 Å². The Kier molecular flexibility index (Phi) is 5.04. The number of benzene rings is 1. The first-order valence-electron chi connectivity index (χ1n) is 7.88. The van der Waals surface area contributed by atoms with Gasteiger partial charge in [0.1, 0.15) is 11.4 Å². The molecule has 1 amide bonds. The number of carbonyl (C=O) groups excluding carboxylic acids is 1. The van der Waals surface area contributed by atoms with Crippen molar-refractivity contribution >= 4 is 17.5 Å². The van der Waals surface area contributed by atoms with Crippen LogP contribution in [0.2, 0.25) is 0 Å². The molecule has 6 nitrogen and oxygen atoms in total. The Bertz CT molecular complexity index is 579. The molecule has 0 spiro atoms. The van der Waals surface area contributed by atoms with Crippen LogP contribution in [-0.2, 0) is 11.2 Å². The number of rotatable bonds is 4. The Balaban J connectivity index is 2.35. The van der Waals surface area contributed by atoms with Crippen LogP contribution in [0.25, 0.3) is 0 Å². The zero-order valence-corrected chi connectivity index (χ0v) is 14.7. The summed E-state index contributed by atoms with van der Waals surface area (Å²) in [5.74, 6) is 0.740. The lowest BCUT2D eigenvalue weighted by Gasteiger charge is -2.29. The minimum Gasteiger partial charge on any atom is -0.491 e.